The van der Waals surface area contributed by atoms with Crippen molar-refractivity contribution in [2.45, 2.75) is 37.9 Å². The van der Waals surface area contributed by atoms with Crippen molar-refractivity contribution in [3.63, 3.8) is 0 Å². The molecule has 0 bridgehead atoms. The van der Waals surface area contributed by atoms with E-state index in [-0.39, 0.29) is 12.2 Å². The first-order valence-corrected chi connectivity index (χ1v) is 10.0. The maximum atomic E-state index is 9.97. The van der Waals surface area contributed by atoms with Crippen LogP contribution in [0.2, 0.25) is 0 Å². The van der Waals surface area contributed by atoms with Crippen molar-refractivity contribution in [1.29, 1.82) is 0 Å². The molecule has 1 aliphatic heterocycles. The van der Waals surface area contributed by atoms with E-state index in [0.29, 0.717) is 17.2 Å². The van der Waals surface area contributed by atoms with Gasteiger partial charge < -0.3 is 24.9 Å². The Morgan fingerprint density at radius 3 is 2.87 bits per heavy atom. The molecule has 9 heteroatoms. The number of anilines is 2. The van der Waals surface area contributed by atoms with Gasteiger partial charge in [0.15, 0.2) is 0 Å². The molecule has 0 unspecified atom stereocenters. The molecule has 1 aliphatic carbocycles. The molecule has 0 amide bonds. The molecule has 30 heavy (non-hydrogen) atoms. The number of fused-ring (bicyclic) bond motifs is 2. The van der Waals surface area contributed by atoms with E-state index in [9.17, 15) is 10.1 Å². The summed E-state index contributed by atoms with van der Waals surface area (Å²) in [6.45, 7) is 0. The highest BCUT2D eigenvalue weighted by atomic mass is 16.6. The van der Waals surface area contributed by atoms with Crippen LogP contribution in [0.1, 0.15) is 31.2 Å². The fourth-order valence-corrected chi connectivity index (χ4v) is 3.84. The smallest absolute Gasteiger partial charge is 0.488 e. The van der Waals surface area contributed by atoms with E-state index >= 15 is 0 Å². The van der Waals surface area contributed by atoms with Crippen LogP contribution in [0.4, 0.5) is 11.6 Å². The van der Waals surface area contributed by atoms with Gasteiger partial charge in [0, 0.05) is 22.7 Å². The molecule has 3 aromatic rings. The van der Waals surface area contributed by atoms with Crippen molar-refractivity contribution in [1.82, 2.24) is 9.97 Å². The lowest BCUT2D eigenvalue weighted by Crippen LogP contribution is -2.37. The molecule has 1 aromatic heterocycles. The van der Waals surface area contributed by atoms with E-state index in [1.807, 2.05) is 30.3 Å². The number of aromatic nitrogens is 2. The molecule has 2 aliphatic rings. The fourth-order valence-electron chi connectivity index (χ4n) is 3.84. The molecular weight excluding hydrogens is 383 g/mol. The van der Waals surface area contributed by atoms with Gasteiger partial charge in [-0.3, -0.25) is 0 Å². The normalized spacial score (nSPS) is 20.5. The second-order valence-electron chi connectivity index (χ2n) is 7.60. The predicted molar refractivity (Wildman–Crippen MR) is 114 cm³/mol. The Kier molecular flexibility index (Phi) is 4.98. The van der Waals surface area contributed by atoms with Gasteiger partial charge in [-0.2, -0.15) is 0 Å². The minimum atomic E-state index is -1.10. The van der Waals surface area contributed by atoms with Crippen LogP contribution in [0.5, 0.6) is 5.75 Å². The highest BCUT2D eigenvalue weighted by Crippen LogP contribution is 2.29. The van der Waals surface area contributed by atoms with Crippen LogP contribution in [0.15, 0.2) is 47.8 Å². The molecule has 2 aromatic carbocycles. The number of ether oxygens (including phenoxy) is 1. The lowest BCUT2D eigenvalue weighted by Gasteiger charge is -2.26. The van der Waals surface area contributed by atoms with Crippen LogP contribution in [0.3, 0.4) is 0 Å². The summed E-state index contributed by atoms with van der Waals surface area (Å²) in [5.74, 6) is 1.14. The fraction of sp³-hybridized carbons (Fsp3) is 0.286. The van der Waals surface area contributed by atoms with E-state index in [2.05, 4.69) is 20.4 Å². The monoisotopic (exact) mass is 404 g/mol. The number of hydrogen-bond acceptors (Lipinski definition) is 8. The molecule has 0 spiro atoms. The molecule has 0 radical (unpaired) electrons. The summed E-state index contributed by atoms with van der Waals surface area (Å²) in [4.78, 5) is 9.07. The Bertz CT molecular complexity index is 1100. The Labute approximate surface area is 173 Å². The highest BCUT2D eigenvalue weighted by Gasteiger charge is 2.25. The summed E-state index contributed by atoms with van der Waals surface area (Å²) < 4.78 is 11.1. The molecule has 5 rings (SSSR count). The number of aliphatic hydroxyl groups excluding tert-OH is 1. The molecule has 3 N–H and O–H groups in total. The first kappa shape index (κ1) is 18.8. The van der Waals surface area contributed by atoms with Crippen molar-refractivity contribution in [2.75, 3.05) is 5.32 Å². The third-order valence-electron chi connectivity index (χ3n) is 5.47. The molecule has 8 nitrogen and oxygen atoms in total. The lowest BCUT2D eigenvalue weighted by atomic mass is 9.76. The molecule has 1 fully saturated rings. The van der Waals surface area contributed by atoms with Gasteiger partial charge in [-0.1, -0.05) is 18.2 Å². The van der Waals surface area contributed by atoms with Crippen molar-refractivity contribution < 1.29 is 19.6 Å². The van der Waals surface area contributed by atoms with Gasteiger partial charge >= 0.3 is 7.12 Å². The molecule has 2 heterocycles. The number of nitrogens with one attached hydrogen (secondary N) is 1. The number of hydrogen-bond donors (Lipinski definition) is 3. The van der Waals surface area contributed by atoms with E-state index in [0.717, 1.165) is 47.8 Å². The second-order valence-corrected chi connectivity index (χ2v) is 7.60. The van der Waals surface area contributed by atoms with Crippen LogP contribution in [-0.4, -0.2) is 45.6 Å². The van der Waals surface area contributed by atoms with Gasteiger partial charge in [0.1, 0.15) is 11.3 Å². The van der Waals surface area contributed by atoms with Crippen LogP contribution in [0, 0.1) is 0 Å². The third kappa shape index (κ3) is 3.81. The Hall–Kier alpha value is -3.17. The Balaban J connectivity index is 1.40. The predicted octanol–water partition coefficient (Wildman–Crippen LogP) is 2.11. The number of nitrogens with zero attached hydrogens (tertiary/aromatic N) is 3. The van der Waals surface area contributed by atoms with Crippen LogP contribution in [-0.2, 0) is 4.76 Å². The largest absolute Gasteiger partial charge is 0.583 e. The number of para-hydroxylation sites is 1. The average molecular weight is 404 g/mol. The summed E-state index contributed by atoms with van der Waals surface area (Å²) in [5.41, 5.74) is 2.88. The topological polar surface area (TPSA) is 109 Å². The highest BCUT2D eigenvalue weighted by molar-refractivity contribution is 6.62. The van der Waals surface area contributed by atoms with E-state index in [1.165, 1.54) is 0 Å². The van der Waals surface area contributed by atoms with Gasteiger partial charge in [-0.25, -0.2) is 9.97 Å². The Morgan fingerprint density at radius 1 is 1.13 bits per heavy atom. The zero-order chi connectivity index (χ0) is 20.5. The quantitative estimate of drug-likeness (QED) is 0.572. The Morgan fingerprint density at radius 2 is 2.00 bits per heavy atom. The maximum Gasteiger partial charge on any atom is 0.583 e. The summed E-state index contributed by atoms with van der Waals surface area (Å²) in [7, 11) is -1.10. The van der Waals surface area contributed by atoms with Crippen LogP contribution < -0.4 is 15.5 Å². The number of oxime groups is 1. The van der Waals surface area contributed by atoms with Gasteiger partial charge in [0.05, 0.1) is 18.4 Å². The SMILES string of the molecule is OB1ON=Cc2ccc(Nc3ncc4cccc(O[C@H]5CC[C@@H](O)CC5)c4n3)cc21. The number of benzene rings is 2. The minimum Gasteiger partial charge on any atom is -0.488 e. The standard InChI is InChI=1S/C21H21BN4O4/c27-16-6-8-17(9-7-16)29-19-3-1-2-14-11-23-21(26-20(14)19)25-15-5-4-13-12-24-30-22(28)18(13)10-15/h1-5,10-12,16-17,27-28H,6-9H2,(H,23,25,26)/t16-,17+. The zero-order valence-corrected chi connectivity index (χ0v) is 16.2. The first-order chi connectivity index (χ1) is 14.7. The van der Waals surface area contributed by atoms with Crippen LogP contribution in [0.25, 0.3) is 10.9 Å². The molecule has 0 saturated heterocycles. The van der Waals surface area contributed by atoms with Gasteiger partial charge in [0.25, 0.3) is 0 Å². The molecule has 152 valence electrons. The number of aliphatic hydroxyl groups is 1. The minimum absolute atomic E-state index is 0.0779. The molecular formula is C21H21BN4O4. The van der Waals surface area contributed by atoms with Crippen molar-refractivity contribution in [3.8, 4) is 5.75 Å². The molecule has 1 saturated carbocycles. The summed E-state index contributed by atoms with van der Waals surface area (Å²) in [5, 5.41) is 27.4. The summed E-state index contributed by atoms with van der Waals surface area (Å²) in [6, 6.07) is 11.3. The van der Waals surface area contributed by atoms with Crippen molar-refractivity contribution in [3.05, 3.63) is 48.2 Å². The third-order valence-corrected chi connectivity index (χ3v) is 5.47. The maximum absolute atomic E-state index is 9.97. The first-order valence-electron chi connectivity index (χ1n) is 10.0. The molecule has 0 atom stereocenters. The average Bonchev–Trinajstić information content (AvgIpc) is 2.76. The van der Waals surface area contributed by atoms with Gasteiger partial charge in [-0.05, 0) is 49.4 Å². The van der Waals surface area contributed by atoms with Crippen LogP contribution >= 0.6 is 0 Å². The van der Waals surface area contributed by atoms with Gasteiger partial charge in [-0.15, -0.1) is 5.16 Å². The van der Waals surface area contributed by atoms with E-state index < -0.39 is 7.12 Å². The zero-order valence-electron chi connectivity index (χ0n) is 16.2. The van der Waals surface area contributed by atoms with Crippen molar-refractivity contribution >= 4 is 41.3 Å². The van der Waals surface area contributed by atoms with Gasteiger partial charge in [0.2, 0.25) is 5.95 Å². The number of rotatable bonds is 4. The lowest BCUT2D eigenvalue weighted by molar-refractivity contribution is 0.0672. The van der Waals surface area contributed by atoms with E-state index in [1.54, 1.807) is 18.5 Å². The second kappa shape index (κ2) is 7.93. The summed E-state index contributed by atoms with van der Waals surface area (Å²) >= 11 is 0. The van der Waals surface area contributed by atoms with Crippen molar-refractivity contribution in [2.24, 2.45) is 5.16 Å². The van der Waals surface area contributed by atoms with E-state index in [4.69, 9.17) is 9.49 Å². The summed E-state index contributed by atoms with van der Waals surface area (Å²) in [6.07, 6.45) is 6.35.